The first kappa shape index (κ1) is 9.22. The van der Waals surface area contributed by atoms with Crippen LogP contribution in [-0.4, -0.2) is 12.6 Å². The van der Waals surface area contributed by atoms with E-state index in [1.807, 2.05) is 7.05 Å². The summed E-state index contributed by atoms with van der Waals surface area (Å²) in [5.41, 5.74) is 1.39. The van der Waals surface area contributed by atoms with Gasteiger partial charge in [0, 0.05) is 5.56 Å². The van der Waals surface area contributed by atoms with E-state index in [0.717, 1.165) is 5.75 Å². The van der Waals surface area contributed by atoms with Crippen molar-refractivity contribution in [3.8, 4) is 5.75 Å². The Morgan fingerprint density at radius 3 is 2.73 bits per heavy atom. The van der Waals surface area contributed by atoms with E-state index < -0.39 is 0 Å². The lowest BCUT2D eigenvalue weighted by molar-refractivity contribution is 0.0665. The molecule has 1 heterocycles. The van der Waals surface area contributed by atoms with E-state index in [4.69, 9.17) is 4.74 Å². The van der Waals surface area contributed by atoms with Crippen LogP contribution in [0.15, 0.2) is 24.3 Å². The van der Waals surface area contributed by atoms with Crippen molar-refractivity contribution in [2.45, 2.75) is 37.3 Å². The van der Waals surface area contributed by atoms with Crippen molar-refractivity contribution in [3.63, 3.8) is 0 Å². The molecule has 0 aromatic heterocycles. The molecule has 1 fully saturated rings. The quantitative estimate of drug-likeness (QED) is 0.757. The van der Waals surface area contributed by atoms with Gasteiger partial charge in [-0.2, -0.15) is 0 Å². The van der Waals surface area contributed by atoms with Gasteiger partial charge in [0.25, 0.3) is 0 Å². The highest BCUT2D eigenvalue weighted by Gasteiger charge is 2.49. The Kier molecular flexibility index (Phi) is 1.99. The maximum absolute atomic E-state index is 6.20. The number of likely N-dealkylation sites (N-methyl/N-ethyl adjacent to an activating group) is 1. The third kappa shape index (κ3) is 1.21. The second kappa shape index (κ2) is 3.24. The predicted octanol–water partition coefficient (Wildman–Crippen LogP) is 2.65. The molecule has 2 aliphatic rings. The van der Waals surface area contributed by atoms with Crippen molar-refractivity contribution < 1.29 is 4.74 Å². The summed E-state index contributed by atoms with van der Waals surface area (Å²) in [7, 11) is 2.04. The van der Waals surface area contributed by atoms with Crippen LogP contribution in [0.1, 0.15) is 37.3 Å². The first-order chi connectivity index (χ1) is 7.36. The molecule has 2 nitrogen and oxygen atoms in total. The molecular weight excluding hydrogens is 186 g/mol. The average Bonchev–Trinajstić information content (AvgIpc) is 2.83. The molecule has 0 amide bonds. The second-order valence-corrected chi connectivity index (χ2v) is 4.63. The SMILES string of the molecule is CNC1c2ccccc2OC12CCCC2. The van der Waals surface area contributed by atoms with Gasteiger partial charge in [0.2, 0.25) is 0 Å². The Labute approximate surface area is 90.6 Å². The van der Waals surface area contributed by atoms with Gasteiger partial charge < -0.3 is 10.1 Å². The molecule has 1 spiro atoms. The van der Waals surface area contributed by atoms with Gasteiger partial charge in [-0.3, -0.25) is 0 Å². The van der Waals surface area contributed by atoms with E-state index in [1.165, 1.54) is 31.2 Å². The van der Waals surface area contributed by atoms with Crippen molar-refractivity contribution in [3.05, 3.63) is 29.8 Å². The summed E-state index contributed by atoms with van der Waals surface area (Å²) in [6, 6.07) is 8.81. The summed E-state index contributed by atoms with van der Waals surface area (Å²) in [6.07, 6.45) is 4.97. The second-order valence-electron chi connectivity index (χ2n) is 4.63. The molecule has 1 aromatic rings. The van der Waals surface area contributed by atoms with Crippen LogP contribution in [0.5, 0.6) is 5.75 Å². The first-order valence-electron chi connectivity index (χ1n) is 5.81. The van der Waals surface area contributed by atoms with Gasteiger partial charge in [0.1, 0.15) is 11.4 Å². The zero-order chi connectivity index (χ0) is 10.3. The van der Waals surface area contributed by atoms with Gasteiger partial charge in [0.05, 0.1) is 6.04 Å². The van der Waals surface area contributed by atoms with Crippen molar-refractivity contribution in [1.29, 1.82) is 0 Å². The predicted molar refractivity (Wildman–Crippen MR) is 60.1 cm³/mol. The number of rotatable bonds is 1. The van der Waals surface area contributed by atoms with E-state index in [-0.39, 0.29) is 5.60 Å². The van der Waals surface area contributed by atoms with E-state index in [0.29, 0.717) is 6.04 Å². The Morgan fingerprint density at radius 2 is 2.00 bits per heavy atom. The Morgan fingerprint density at radius 1 is 1.27 bits per heavy atom. The topological polar surface area (TPSA) is 21.3 Å². The van der Waals surface area contributed by atoms with Crippen molar-refractivity contribution in [2.24, 2.45) is 0 Å². The van der Waals surface area contributed by atoms with Gasteiger partial charge >= 0.3 is 0 Å². The van der Waals surface area contributed by atoms with Crippen LogP contribution in [0.25, 0.3) is 0 Å². The Hall–Kier alpha value is -1.02. The molecule has 80 valence electrons. The number of ether oxygens (including phenoxy) is 1. The fraction of sp³-hybridized carbons (Fsp3) is 0.538. The van der Waals surface area contributed by atoms with Crippen molar-refractivity contribution >= 4 is 0 Å². The van der Waals surface area contributed by atoms with Crippen LogP contribution >= 0.6 is 0 Å². The van der Waals surface area contributed by atoms with E-state index in [1.54, 1.807) is 0 Å². The smallest absolute Gasteiger partial charge is 0.128 e. The number of benzene rings is 1. The van der Waals surface area contributed by atoms with Crippen LogP contribution < -0.4 is 10.1 Å². The molecule has 0 radical (unpaired) electrons. The summed E-state index contributed by atoms with van der Waals surface area (Å²) < 4.78 is 6.20. The zero-order valence-electron chi connectivity index (χ0n) is 9.12. The van der Waals surface area contributed by atoms with Crippen LogP contribution in [0.4, 0.5) is 0 Å². The van der Waals surface area contributed by atoms with E-state index in [9.17, 15) is 0 Å². The van der Waals surface area contributed by atoms with Crippen LogP contribution in [0, 0.1) is 0 Å². The van der Waals surface area contributed by atoms with E-state index in [2.05, 4.69) is 29.6 Å². The van der Waals surface area contributed by atoms with Gasteiger partial charge in [-0.05, 0) is 38.8 Å². The fourth-order valence-corrected chi connectivity index (χ4v) is 3.16. The third-order valence-electron chi connectivity index (χ3n) is 3.81. The monoisotopic (exact) mass is 203 g/mol. The highest BCUT2D eigenvalue weighted by molar-refractivity contribution is 5.43. The van der Waals surface area contributed by atoms with E-state index >= 15 is 0 Å². The molecule has 1 aliphatic carbocycles. The lowest BCUT2D eigenvalue weighted by Gasteiger charge is -2.30. The molecule has 0 bridgehead atoms. The third-order valence-corrected chi connectivity index (χ3v) is 3.81. The molecule has 1 aromatic carbocycles. The molecule has 1 saturated carbocycles. The molecule has 1 aliphatic heterocycles. The summed E-state index contributed by atoms with van der Waals surface area (Å²) in [6.45, 7) is 0. The van der Waals surface area contributed by atoms with Crippen molar-refractivity contribution in [1.82, 2.24) is 5.32 Å². The minimum Gasteiger partial charge on any atom is -0.485 e. The van der Waals surface area contributed by atoms with Crippen LogP contribution in [0.2, 0.25) is 0 Å². The molecule has 15 heavy (non-hydrogen) atoms. The molecule has 0 saturated heterocycles. The van der Waals surface area contributed by atoms with Crippen molar-refractivity contribution in [2.75, 3.05) is 7.05 Å². The summed E-state index contributed by atoms with van der Waals surface area (Å²) >= 11 is 0. The van der Waals surface area contributed by atoms with Gasteiger partial charge in [-0.1, -0.05) is 18.2 Å². The summed E-state index contributed by atoms with van der Waals surface area (Å²) in [5, 5.41) is 3.43. The number of hydrogen-bond donors (Lipinski definition) is 1. The van der Waals surface area contributed by atoms with Gasteiger partial charge in [0.15, 0.2) is 0 Å². The number of para-hydroxylation sites is 1. The fourth-order valence-electron chi connectivity index (χ4n) is 3.16. The zero-order valence-corrected chi connectivity index (χ0v) is 9.12. The molecule has 1 unspecified atom stereocenters. The van der Waals surface area contributed by atoms with Crippen LogP contribution in [0.3, 0.4) is 0 Å². The highest BCUT2D eigenvalue weighted by atomic mass is 16.5. The number of nitrogens with one attached hydrogen (secondary N) is 1. The number of hydrogen-bond acceptors (Lipinski definition) is 2. The molecule has 2 heteroatoms. The summed E-state index contributed by atoms with van der Waals surface area (Å²) in [5.74, 6) is 1.08. The summed E-state index contributed by atoms with van der Waals surface area (Å²) in [4.78, 5) is 0. The standard InChI is InChI=1S/C13H17NO/c1-14-12-10-6-2-3-7-11(10)15-13(12)8-4-5-9-13/h2-3,6-7,12,14H,4-5,8-9H2,1H3. The molecule has 3 rings (SSSR count). The molecular formula is C13H17NO. The van der Waals surface area contributed by atoms with Gasteiger partial charge in [-0.25, -0.2) is 0 Å². The largest absolute Gasteiger partial charge is 0.485 e. The number of fused-ring (bicyclic) bond motifs is 1. The molecule has 1 N–H and O–H groups in total. The maximum Gasteiger partial charge on any atom is 0.128 e. The first-order valence-corrected chi connectivity index (χ1v) is 5.81. The minimum atomic E-state index is 0.0540. The van der Waals surface area contributed by atoms with Gasteiger partial charge in [-0.15, -0.1) is 0 Å². The normalized spacial score (nSPS) is 26.6. The highest BCUT2D eigenvalue weighted by Crippen LogP contribution is 2.50. The Bertz CT molecular complexity index is 369. The average molecular weight is 203 g/mol. The minimum absolute atomic E-state index is 0.0540. The van der Waals surface area contributed by atoms with Crippen LogP contribution in [-0.2, 0) is 0 Å². The Balaban J connectivity index is 2.04. The lowest BCUT2D eigenvalue weighted by atomic mass is 9.89. The molecule has 1 atom stereocenters. The lowest BCUT2D eigenvalue weighted by Crippen LogP contribution is -2.40. The maximum atomic E-state index is 6.20.